The van der Waals surface area contributed by atoms with Gasteiger partial charge in [0.15, 0.2) is 11.6 Å². The average Bonchev–Trinajstić information content (AvgIpc) is 3.81. The van der Waals surface area contributed by atoms with Crippen LogP contribution in [0.5, 0.6) is 0 Å². The molecule has 2 aliphatic rings. The van der Waals surface area contributed by atoms with Gasteiger partial charge in [-0.2, -0.15) is 35.9 Å². The number of carbonyl (C=O) groups is 2. The molecule has 0 saturated carbocycles. The highest BCUT2D eigenvalue weighted by Gasteiger charge is 2.32. The first-order chi connectivity index (χ1) is 27.5. The van der Waals surface area contributed by atoms with Crippen LogP contribution in [0.3, 0.4) is 0 Å². The van der Waals surface area contributed by atoms with Crippen molar-refractivity contribution in [1.29, 1.82) is 0 Å². The first-order valence-corrected chi connectivity index (χ1v) is 18.4. The van der Waals surface area contributed by atoms with Crippen LogP contribution in [0.25, 0.3) is 12.2 Å². The average molecular weight is 819 g/mol. The molecule has 2 aliphatic heterocycles. The van der Waals surface area contributed by atoms with Crippen LogP contribution in [-0.4, -0.2) is 115 Å². The van der Waals surface area contributed by atoms with Crippen molar-refractivity contribution in [3.8, 4) is 0 Å². The summed E-state index contributed by atoms with van der Waals surface area (Å²) in [7, 11) is 3.23. The van der Waals surface area contributed by atoms with Crippen molar-refractivity contribution in [2.45, 2.75) is 77.2 Å². The normalized spacial score (nSPS) is 17.8. The minimum atomic E-state index is -4.47. The molecule has 0 bridgehead atoms. The van der Waals surface area contributed by atoms with Crippen molar-refractivity contribution < 1.29 is 45.4 Å². The molecular formula is C38H44F6N10O4. The predicted molar refractivity (Wildman–Crippen MR) is 197 cm³/mol. The van der Waals surface area contributed by atoms with Crippen LogP contribution >= 0.6 is 0 Å². The van der Waals surface area contributed by atoms with Gasteiger partial charge in [0.25, 0.3) is 0 Å². The Kier molecular flexibility index (Phi) is 14.5. The summed E-state index contributed by atoms with van der Waals surface area (Å²) < 4.78 is 89.4. The Labute approximate surface area is 330 Å². The number of ether oxygens (including phenoxy) is 2. The molecule has 2 amide bonds. The molecule has 58 heavy (non-hydrogen) atoms. The number of benzene rings is 2. The van der Waals surface area contributed by atoms with Gasteiger partial charge in [-0.15, -0.1) is 20.4 Å². The lowest BCUT2D eigenvalue weighted by atomic mass is 10.0. The number of alkyl halides is 6. The topological polar surface area (TPSA) is 146 Å². The molecule has 0 aliphatic carbocycles. The molecule has 2 aromatic carbocycles. The molecule has 4 heterocycles. The van der Waals surface area contributed by atoms with Gasteiger partial charge in [0, 0.05) is 52.6 Å². The molecular weight excluding hydrogens is 774 g/mol. The second-order valence-electron chi connectivity index (χ2n) is 13.8. The summed E-state index contributed by atoms with van der Waals surface area (Å²) in [6.07, 6.45) is 0.373. The quantitative estimate of drug-likeness (QED) is 0.151. The molecule has 0 N–H and O–H groups in total. The van der Waals surface area contributed by atoms with E-state index in [0.29, 0.717) is 60.1 Å². The highest BCUT2D eigenvalue weighted by molar-refractivity contribution is 5.92. The van der Waals surface area contributed by atoms with Crippen LogP contribution in [0.4, 0.5) is 26.3 Å². The molecule has 0 radical (unpaired) electrons. The molecule has 0 spiro atoms. The van der Waals surface area contributed by atoms with Crippen molar-refractivity contribution in [3.05, 3.63) is 93.6 Å². The molecule has 2 saturated heterocycles. The van der Waals surface area contributed by atoms with Crippen LogP contribution in [0.2, 0.25) is 0 Å². The largest absolute Gasteiger partial charge is 0.416 e. The molecule has 14 nitrogen and oxygen atoms in total. The predicted octanol–water partition coefficient (Wildman–Crippen LogP) is 5.40. The number of hydrogen-bond donors (Lipinski definition) is 0. The zero-order valence-electron chi connectivity index (χ0n) is 32.4. The maximum Gasteiger partial charge on any atom is 0.416 e. The SMILES string of the molecule is CO[C@@H]1CCCN(C(=O)/C=C/c2ccc(C(F)(F)F)cc2Cn2nnc(C)n2)C1.CO[C@H]1CCCN(C(=O)/C=C/c2ccc(C(F)(F)F)cc2Cn2nnc(C)n2)C1. The van der Waals surface area contributed by atoms with Crippen molar-refractivity contribution in [3.63, 3.8) is 0 Å². The number of rotatable bonds is 10. The van der Waals surface area contributed by atoms with Crippen LogP contribution in [0, 0.1) is 13.8 Å². The molecule has 0 unspecified atom stereocenters. The number of likely N-dealkylation sites (tertiary alicyclic amines) is 2. The van der Waals surface area contributed by atoms with Gasteiger partial charge in [-0.05, 0) is 109 Å². The lowest BCUT2D eigenvalue weighted by Crippen LogP contribution is -2.42. The Hall–Kier alpha value is -5.50. The molecule has 312 valence electrons. The van der Waals surface area contributed by atoms with Gasteiger partial charge in [-0.3, -0.25) is 9.59 Å². The lowest BCUT2D eigenvalue weighted by molar-refractivity contribution is -0.138. The summed E-state index contributed by atoms with van der Waals surface area (Å²) in [5, 5.41) is 23.1. The number of aryl methyl sites for hydroxylation is 2. The van der Waals surface area contributed by atoms with E-state index in [2.05, 4.69) is 30.8 Å². The fraction of sp³-hybridized carbons (Fsp3) is 0.474. The van der Waals surface area contributed by atoms with Crippen LogP contribution in [0.1, 0.15) is 70.7 Å². The summed E-state index contributed by atoms with van der Waals surface area (Å²) in [4.78, 5) is 30.8. The smallest absolute Gasteiger partial charge is 0.380 e. The van der Waals surface area contributed by atoms with E-state index in [-0.39, 0.29) is 37.1 Å². The van der Waals surface area contributed by atoms with E-state index in [1.54, 1.807) is 37.9 Å². The third-order valence-electron chi connectivity index (χ3n) is 9.53. The minimum Gasteiger partial charge on any atom is -0.380 e. The number of amides is 2. The lowest BCUT2D eigenvalue weighted by Gasteiger charge is -2.31. The fourth-order valence-corrected chi connectivity index (χ4v) is 6.44. The van der Waals surface area contributed by atoms with Gasteiger partial charge in [0.05, 0.1) is 36.4 Å². The maximum absolute atomic E-state index is 13.1. The monoisotopic (exact) mass is 818 g/mol. The number of nitrogens with zero attached hydrogens (tertiary/aromatic N) is 10. The highest BCUT2D eigenvalue weighted by atomic mass is 19.4. The Morgan fingerprint density at radius 3 is 1.41 bits per heavy atom. The van der Waals surface area contributed by atoms with Crippen molar-refractivity contribution in [2.75, 3.05) is 40.4 Å². The van der Waals surface area contributed by atoms with Crippen molar-refractivity contribution in [2.24, 2.45) is 0 Å². The van der Waals surface area contributed by atoms with Crippen LogP contribution < -0.4 is 0 Å². The van der Waals surface area contributed by atoms with Gasteiger partial charge < -0.3 is 19.3 Å². The standard InChI is InChI=1S/2C19H22F3N5O2/c2*1-13-23-25-27(24-13)11-15-10-16(19(20,21)22)7-5-14(15)6-8-18(28)26-9-3-4-17(12-26)29-2/h2*5-8,10,17H,3-4,9,11-12H2,1-2H3/b2*8-6+/t2*17-/m10/s1. The molecule has 2 aromatic heterocycles. The van der Waals surface area contributed by atoms with Gasteiger partial charge in [0.2, 0.25) is 11.8 Å². The van der Waals surface area contributed by atoms with Gasteiger partial charge in [-0.25, -0.2) is 0 Å². The molecule has 20 heteroatoms. The number of hydrogen-bond acceptors (Lipinski definition) is 10. The Morgan fingerprint density at radius 2 is 1.09 bits per heavy atom. The third kappa shape index (κ3) is 12.3. The summed E-state index contributed by atoms with van der Waals surface area (Å²) in [6.45, 7) is 5.56. The van der Waals surface area contributed by atoms with Gasteiger partial charge in [0.1, 0.15) is 0 Å². The van der Waals surface area contributed by atoms with E-state index < -0.39 is 23.5 Å². The first-order valence-electron chi connectivity index (χ1n) is 18.4. The molecule has 6 rings (SSSR count). The zero-order chi connectivity index (χ0) is 42.0. The zero-order valence-corrected chi connectivity index (χ0v) is 32.4. The molecule has 4 aromatic rings. The maximum atomic E-state index is 13.1. The fourth-order valence-electron chi connectivity index (χ4n) is 6.44. The van der Waals surface area contributed by atoms with E-state index in [4.69, 9.17) is 9.47 Å². The number of aromatic nitrogens is 8. The third-order valence-corrected chi connectivity index (χ3v) is 9.53. The Balaban J connectivity index is 0.000000221. The van der Waals surface area contributed by atoms with E-state index in [0.717, 1.165) is 49.9 Å². The Bertz CT molecular complexity index is 1930. The second-order valence-corrected chi connectivity index (χ2v) is 13.8. The summed E-state index contributed by atoms with van der Waals surface area (Å²) in [5.74, 6) is 0.434. The number of carbonyl (C=O) groups excluding carboxylic acids is 2. The highest BCUT2D eigenvalue weighted by Crippen LogP contribution is 2.32. The summed E-state index contributed by atoms with van der Waals surface area (Å²) in [6, 6.07) is 6.78. The number of methoxy groups -OCH3 is 2. The number of halogens is 6. The van der Waals surface area contributed by atoms with Crippen molar-refractivity contribution >= 4 is 24.0 Å². The van der Waals surface area contributed by atoms with E-state index in [1.807, 2.05) is 0 Å². The Morgan fingerprint density at radius 1 is 0.690 bits per heavy atom. The van der Waals surface area contributed by atoms with Gasteiger partial charge in [-0.1, -0.05) is 12.1 Å². The van der Waals surface area contributed by atoms with Crippen molar-refractivity contribution in [1.82, 2.24) is 50.2 Å². The first kappa shape index (κ1) is 43.6. The second kappa shape index (κ2) is 19.3. The van der Waals surface area contributed by atoms with E-state index in [1.165, 1.54) is 46.0 Å². The van der Waals surface area contributed by atoms with E-state index >= 15 is 0 Å². The van der Waals surface area contributed by atoms with E-state index in [9.17, 15) is 35.9 Å². The summed E-state index contributed by atoms with van der Waals surface area (Å²) in [5.41, 5.74) is 0.117. The van der Waals surface area contributed by atoms with Crippen LogP contribution in [-0.2, 0) is 44.5 Å². The molecule has 2 fully saturated rings. The summed E-state index contributed by atoms with van der Waals surface area (Å²) >= 11 is 0. The number of piperidine rings is 2. The van der Waals surface area contributed by atoms with Crippen LogP contribution in [0.15, 0.2) is 48.6 Å². The minimum absolute atomic E-state index is 0.00404. The number of tetrazole rings is 2. The van der Waals surface area contributed by atoms with Gasteiger partial charge >= 0.3 is 12.4 Å². The molecule has 2 atom stereocenters.